The third-order valence-electron chi connectivity index (χ3n) is 3.78. The molecule has 0 aliphatic carbocycles. The molecule has 1 fully saturated rings. The standard InChI is InChI=1S/C14H20N4O/c1-17(10-18-6-4-15-5-7-18)12-2-3-13-11(8-12)9-14(19)16-13/h2-3,8,15H,4-7,9-10H2,1H3,(H,16,19). The van der Waals surface area contributed by atoms with Gasteiger partial charge in [0.15, 0.2) is 0 Å². The predicted octanol–water partition coefficient (Wildman–Crippen LogP) is 0.480. The Balaban J connectivity index is 1.68. The van der Waals surface area contributed by atoms with Crippen LogP contribution in [0.3, 0.4) is 0 Å². The van der Waals surface area contributed by atoms with Gasteiger partial charge in [0.25, 0.3) is 0 Å². The van der Waals surface area contributed by atoms with Gasteiger partial charge in [0.1, 0.15) is 0 Å². The van der Waals surface area contributed by atoms with Gasteiger partial charge in [0.05, 0.1) is 13.1 Å². The maximum absolute atomic E-state index is 11.4. The lowest BCUT2D eigenvalue weighted by atomic mass is 10.1. The van der Waals surface area contributed by atoms with E-state index in [-0.39, 0.29) is 5.91 Å². The lowest BCUT2D eigenvalue weighted by Gasteiger charge is -2.32. The van der Waals surface area contributed by atoms with Crippen LogP contribution in [0.15, 0.2) is 18.2 Å². The quantitative estimate of drug-likeness (QED) is 0.830. The molecule has 5 heteroatoms. The Labute approximate surface area is 113 Å². The molecule has 2 heterocycles. The molecule has 2 aliphatic rings. The lowest BCUT2D eigenvalue weighted by molar-refractivity contribution is -0.115. The van der Waals surface area contributed by atoms with Gasteiger partial charge in [0.2, 0.25) is 5.91 Å². The first-order chi connectivity index (χ1) is 9.22. The Kier molecular flexibility index (Phi) is 3.40. The molecule has 102 valence electrons. The Morgan fingerprint density at radius 1 is 1.32 bits per heavy atom. The summed E-state index contributed by atoms with van der Waals surface area (Å²) < 4.78 is 0. The summed E-state index contributed by atoms with van der Waals surface area (Å²) in [4.78, 5) is 16.0. The van der Waals surface area contributed by atoms with Gasteiger partial charge in [-0.15, -0.1) is 0 Å². The summed E-state index contributed by atoms with van der Waals surface area (Å²) in [6, 6.07) is 6.20. The Hall–Kier alpha value is -1.59. The Morgan fingerprint density at radius 3 is 2.89 bits per heavy atom. The van der Waals surface area contributed by atoms with E-state index in [1.807, 2.05) is 6.07 Å². The molecule has 19 heavy (non-hydrogen) atoms. The second-order valence-corrected chi connectivity index (χ2v) is 5.27. The summed E-state index contributed by atoms with van der Waals surface area (Å²) in [5.41, 5.74) is 3.24. The molecule has 0 spiro atoms. The maximum atomic E-state index is 11.4. The van der Waals surface area contributed by atoms with Crippen LogP contribution in [0.2, 0.25) is 0 Å². The van der Waals surface area contributed by atoms with Gasteiger partial charge in [-0.2, -0.15) is 0 Å². The molecule has 1 amide bonds. The van der Waals surface area contributed by atoms with Crippen molar-refractivity contribution in [3.05, 3.63) is 23.8 Å². The topological polar surface area (TPSA) is 47.6 Å². The van der Waals surface area contributed by atoms with Crippen molar-refractivity contribution in [1.82, 2.24) is 10.2 Å². The summed E-state index contributed by atoms with van der Waals surface area (Å²) in [5, 5.41) is 6.23. The molecule has 2 N–H and O–H groups in total. The van der Waals surface area contributed by atoms with Crippen LogP contribution in [0.5, 0.6) is 0 Å². The molecule has 0 saturated carbocycles. The molecule has 3 rings (SSSR count). The Bertz CT molecular complexity index is 482. The molecule has 0 atom stereocenters. The molecular weight excluding hydrogens is 240 g/mol. The van der Waals surface area contributed by atoms with Crippen molar-refractivity contribution in [2.45, 2.75) is 6.42 Å². The van der Waals surface area contributed by atoms with Gasteiger partial charge in [-0.25, -0.2) is 0 Å². The Morgan fingerprint density at radius 2 is 2.11 bits per heavy atom. The summed E-state index contributed by atoms with van der Waals surface area (Å²) in [7, 11) is 2.11. The number of piperazine rings is 1. The molecule has 2 aliphatic heterocycles. The van der Waals surface area contributed by atoms with Gasteiger partial charge in [-0.1, -0.05) is 0 Å². The van der Waals surface area contributed by atoms with Gasteiger partial charge in [0, 0.05) is 44.6 Å². The van der Waals surface area contributed by atoms with Crippen molar-refractivity contribution in [3.8, 4) is 0 Å². The van der Waals surface area contributed by atoms with Crippen molar-refractivity contribution in [2.75, 3.05) is 50.1 Å². The molecule has 0 unspecified atom stereocenters. The minimum Gasteiger partial charge on any atom is -0.362 e. The number of anilines is 2. The first-order valence-corrected chi connectivity index (χ1v) is 6.79. The zero-order valence-corrected chi connectivity index (χ0v) is 11.3. The molecule has 1 saturated heterocycles. The van der Waals surface area contributed by atoms with Crippen LogP contribution in [-0.2, 0) is 11.2 Å². The van der Waals surface area contributed by atoms with Crippen molar-refractivity contribution in [3.63, 3.8) is 0 Å². The fraction of sp³-hybridized carbons (Fsp3) is 0.500. The average molecular weight is 260 g/mol. The molecule has 1 aromatic rings. The van der Waals surface area contributed by atoms with E-state index in [0.29, 0.717) is 6.42 Å². The largest absolute Gasteiger partial charge is 0.362 e. The van der Waals surface area contributed by atoms with E-state index >= 15 is 0 Å². The number of carbonyl (C=O) groups excluding carboxylic acids is 1. The van der Waals surface area contributed by atoms with Crippen molar-refractivity contribution in [2.24, 2.45) is 0 Å². The minimum absolute atomic E-state index is 0.0944. The second-order valence-electron chi connectivity index (χ2n) is 5.27. The summed E-state index contributed by atoms with van der Waals surface area (Å²) in [5.74, 6) is 0.0944. The van der Waals surface area contributed by atoms with E-state index in [4.69, 9.17) is 0 Å². The van der Waals surface area contributed by atoms with Gasteiger partial charge in [-0.05, 0) is 23.8 Å². The van der Waals surface area contributed by atoms with Crippen LogP contribution in [0, 0.1) is 0 Å². The number of nitrogens with zero attached hydrogens (tertiary/aromatic N) is 2. The maximum Gasteiger partial charge on any atom is 0.228 e. The summed E-state index contributed by atoms with van der Waals surface area (Å²) in [6.07, 6.45) is 0.505. The zero-order chi connectivity index (χ0) is 13.2. The first kappa shape index (κ1) is 12.4. The highest BCUT2D eigenvalue weighted by Gasteiger charge is 2.19. The van der Waals surface area contributed by atoms with E-state index < -0.39 is 0 Å². The molecule has 0 bridgehead atoms. The number of carbonyl (C=O) groups is 1. The highest BCUT2D eigenvalue weighted by molar-refractivity contribution is 5.99. The fourth-order valence-electron chi connectivity index (χ4n) is 2.69. The van der Waals surface area contributed by atoms with Crippen LogP contribution in [0.25, 0.3) is 0 Å². The van der Waals surface area contributed by atoms with Crippen molar-refractivity contribution >= 4 is 17.3 Å². The van der Waals surface area contributed by atoms with Crippen molar-refractivity contribution in [1.29, 1.82) is 0 Å². The van der Waals surface area contributed by atoms with E-state index in [1.54, 1.807) is 0 Å². The second kappa shape index (κ2) is 5.19. The summed E-state index contributed by atoms with van der Waals surface area (Å²) >= 11 is 0. The van der Waals surface area contributed by atoms with E-state index in [9.17, 15) is 4.79 Å². The van der Waals surface area contributed by atoms with Crippen LogP contribution in [0.1, 0.15) is 5.56 Å². The minimum atomic E-state index is 0.0944. The van der Waals surface area contributed by atoms with E-state index in [0.717, 1.165) is 44.1 Å². The number of benzene rings is 1. The average Bonchev–Trinajstić information content (AvgIpc) is 2.78. The number of fused-ring (bicyclic) bond motifs is 1. The van der Waals surface area contributed by atoms with E-state index in [2.05, 4.69) is 39.6 Å². The molecule has 1 aromatic carbocycles. The lowest BCUT2D eigenvalue weighted by Crippen LogP contribution is -2.47. The van der Waals surface area contributed by atoms with Gasteiger partial charge >= 0.3 is 0 Å². The number of hydrogen-bond donors (Lipinski definition) is 2. The fourth-order valence-corrected chi connectivity index (χ4v) is 2.69. The monoisotopic (exact) mass is 260 g/mol. The highest BCUT2D eigenvalue weighted by atomic mass is 16.1. The van der Waals surface area contributed by atoms with Crippen LogP contribution < -0.4 is 15.5 Å². The third-order valence-corrected chi connectivity index (χ3v) is 3.78. The molecule has 0 aromatic heterocycles. The van der Waals surface area contributed by atoms with Crippen LogP contribution in [0.4, 0.5) is 11.4 Å². The van der Waals surface area contributed by atoms with E-state index in [1.165, 1.54) is 5.69 Å². The van der Waals surface area contributed by atoms with Gasteiger partial charge in [-0.3, -0.25) is 9.69 Å². The zero-order valence-electron chi connectivity index (χ0n) is 11.3. The first-order valence-electron chi connectivity index (χ1n) is 6.79. The highest BCUT2D eigenvalue weighted by Crippen LogP contribution is 2.27. The van der Waals surface area contributed by atoms with Gasteiger partial charge < -0.3 is 15.5 Å². The number of hydrogen-bond acceptors (Lipinski definition) is 4. The van der Waals surface area contributed by atoms with Crippen LogP contribution >= 0.6 is 0 Å². The number of amides is 1. The normalized spacial score (nSPS) is 19.1. The van der Waals surface area contributed by atoms with Crippen LogP contribution in [-0.4, -0.2) is 50.7 Å². The van der Waals surface area contributed by atoms with Crippen molar-refractivity contribution < 1.29 is 4.79 Å². The SMILES string of the molecule is CN(CN1CCNCC1)c1ccc2c(c1)CC(=O)N2. The molecule has 5 nitrogen and oxygen atoms in total. The number of nitrogens with one attached hydrogen (secondary N) is 2. The third kappa shape index (κ3) is 2.72. The molecular formula is C14H20N4O. The predicted molar refractivity (Wildman–Crippen MR) is 76.5 cm³/mol. The molecule has 0 radical (unpaired) electrons. The summed E-state index contributed by atoms with van der Waals surface area (Å²) in [6.45, 7) is 5.25. The smallest absolute Gasteiger partial charge is 0.228 e. The number of rotatable bonds is 3.